The maximum Gasteiger partial charge on any atom is 0.378 e. The molecular weight excluding hydrogens is 192 g/mol. The molecular formula is C11H25O2Si. The van der Waals surface area contributed by atoms with E-state index in [2.05, 4.69) is 6.92 Å². The molecule has 0 aliphatic heterocycles. The van der Waals surface area contributed by atoms with Crippen LogP contribution in [0.1, 0.15) is 64.7 Å². The second kappa shape index (κ2) is 11.2. The number of hydrogen-bond donors (Lipinski definition) is 2. The Balaban J connectivity index is 2.85. The fraction of sp³-hybridized carbons (Fsp3) is 1.00. The van der Waals surface area contributed by atoms with E-state index in [1.54, 1.807) is 0 Å². The second-order valence-corrected chi connectivity index (χ2v) is 5.33. The van der Waals surface area contributed by atoms with Gasteiger partial charge in [-0.2, -0.15) is 0 Å². The minimum absolute atomic E-state index is 0.639. The van der Waals surface area contributed by atoms with Gasteiger partial charge in [-0.25, -0.2) is 0 Å². The summed E-state index contributed by atoms with van der Waals surface area (Å²) in [6.45, 7) is 2.24. The minimum Gasteiger partial charge on any atom is -0.410 e. The van der Waals surface area contributed by atoms with Gasteiger partial charge in [0, 0.05) is 0 Å². The van der Waals surface area contributed by atoms with Gasteiger partial charge < -0.3 is 9.59 Å². The molecule has 0 fully saturated rings. The van der Waals surface area contributed by atoms with Crippen LogP contribution < -0.4 is 0 Å². The highest BCUT2D eigenvalue weighted by Gasteiger charge is 2.02. The highest BCUT2D eigenvalue weighted by molar-refractivity contribution is 6.40. The van der Waals surface area contributed by atoms with Crippen molar-refractivity contribution in [1.82, 2.24) is 0 Å². The molecule has 14 heavy (non-hydrogen) atoms. The molecule has 3 heteroatoms. The van der Waals surface area contributed by atoms with Crippen molar-refractivity contribution in [2.24, 2.45) is 0 Å². The largest absolute Gasteiger partial charge is 0.410 e. The second-order valence-electron chi connectivity index (χ2n) is 3.99. The Morgan fingerprint density at radius 3 is 1.57 bits per heavy atom. The van der Waals surface area contributed by atoms with Crippen molar-refractivity contribution < 1.29 is 9.59 Å². The van der Waals surface area contributed by atoms with Gasteiger partial charge >= 0.3 is 9.28 Å². The normalized spacial score (nSPS) is 11.1. The van der Waals surface area contributed by atoms with E-state index in [-0.39, 0.29) is 0 Å². The predicted molar refractivity (Wildman–Crippen MR) is 62.2 cm³/mol. The summed E-state index contributed by atoms with van der Waals surface area (Å²) in [6, 6.07) is 0.639. The van der Waals surface area contributed by atoms with E-state index >= 15 is 0 Å². The number of hydrogen-bond acceptors (Lipinski definition) is 2. The monoisotopic (exact) mass is 217 g/mol. The Hall–Kier alpha value is 0.137. The molecule has 0 rings (SSSR count). The van der Waals surface area contributed by atoms with Crippen molar-refractivity contribution in [3.63, 3.8) is 0 Å². The van der Waals surface area contributed by atoms with Gasteiger partial charge in [0.2, 0.25) is 0 Å². The van der Waals surface area contributed by atoms with Gasteiger partial charge in [0.25, 0.3) is 0 Å². The quantitative estimate of drug-likeness (QED) is 0.436. The molecule has 0 saturated carbocycles. The van der Waals surface area contributed by atoms with E-state index in [4.69, 9.17) is 9.59 Å². The first-order chi connectivity index (χ1) is 6.77. The minimum atomic E-state index is -1.94. The SMILES string of the molecule is CCCCCCCCCCC[Si](O)O. The lowest BCUT2D eigenvalue weighted by molar-refractivity contribution is 0.401. The maximum atomic E-state index is 8.71. The molecule has 0 atom stereocenters. The molecule has 0 aromatic carbocycles. The predicted octanol–water partition coefficient (Wildman–Crippen LogP) is 2.99. The summed E-state index contributed by atoms with van der Waals surface area (Å²) in [7, 11) is -1.94. The lowest BCUT2D eigenvalue weighted by Crippen LogP contribution is -2.09. The first-order valence-electron chi connectivity index (χ1n) is 6.01. The Kier molecular flexibility index (Phi) is 11.3. The van der Waals surface area contributed by atoms with Crippen LogP contribution in [0, 0.1) is 0 Å². The fourth-order valence-corrected chi connectivity index (χ4v) is 2.16. The van der Waals surface area contributed by atoms with E-state index < -0.39 is 9.28 Å². The van der Waals surface area contributed by atoms with Crippen LogP contribution in [-0.2, 0) is 0 Å². The van der Waals surface area contributed by atoms with Crippen LogP contribution >= 0.6 is 0 Å². The molecule has 0 amide bonds. The van der Waals surface area contributed by atoms with E-state index in [0.717, 1.165) is 6.42 Å². The molecule has 0 spiro atoms. The summed E-state index contributed by atoms with van der Waals surface area (Å²) in [5.74, 6) is 0. The zero-order valence-electron chi connectivity index (χ0n) is 9.47. The summed E-state index contributed by atoms with van der Waals surface area (Å²) in [5, 5.41) is 0. The van der Waals surface area contributed by atoms with Crippen molar-refractivity contribution >= 4 is 9.28 Å². The van der Waals surface area contributed by atoms with Crippen molar-refractivity contribution in [2.45, 2.75) is 70.8 Å². The van der Waals surface area contributed by atoms with Gasteiger partial charge in [-0.3, -0.25) is 0 Å². The Morgan fingerprint density at radius 2 is 1.14 bits per heavy atom. The van der Waals surface area contributed by atoms with Gasteiger partial charge in [0.05, 0.1) is 0 Å². The summed E-state index contributed by atoms with van der Waals surface area (Å²) >= 11 is 0. The molecule has 0 aliphatic rings. The third-order valence-electron chi connectivity index (χ3n) is 2.50. The molecule has 0 aliphatic carbocycles. The molecule has 0 saturated heterocycles. The number of unbranched alkanes of at least 4 members (excludes halogenated alkanes) is 8. The molecule has 0 aromatic rings. The van der Waals surface area contributed by atoms with Crippen LogP contribution in [0.25, 0.3) is 0 Å². The first kappa shape index (κ1) is 14.1. The van der Waals surface area contributed by atoms with Gasteiger partial charge in [-0.05, 0) is 6.04 Å². The molecule has 2 N–H and O–H groups in total. The average molecular weight is 217 g/mol. The molecule has 0 unspecified atom stereocenters. The molecule has 0 heterocycles. The van der Waals surface area contributed by atoms with Crippen molar-refractivity contribution in [2.75, 3.05) is 0 Å². The zero-order valence-corrected chi connectivity index (χ0v) is 10.5. The highest BCUT2D eigenvalue weighted by atomic mass is 28.3. The molecule has 0 aromatic heterocycles. The zero-order chi connectivity index (χ0) is 10.6. The Morgan fingerprint density at radius 1 is 0.714 bits per heavy atom. The van der Waals surface area contributed by atoms with Gasteiger partial charge in [0.1, 0.15) is 0 Å². The third-order valence-corrected chi connectivity index (χ3v) is 3.30. The molecule has 1 radical (unpaired) electrons. The van der Waals surface area contributed by atoms with Crippen LogP contribution in [0.3, 0.4) is 0 Å². The van der Waals surface area contributed by atoms with E-state index in [1.807, 2.05) is 0 Å². The molecule has 0 bridgehead atoms. The van der Waals surface area contributed by atoms with E-state index in [0.29, 0.717) is 6.04 Å². The summed E-state index contributed by atoms with van der Waals surface area (Å²) in [5.41, 5.74) is 0. The topological polar surface area (TPSA) is 40.5 Å². The van der Waals surface area contributed by atoms with E-state index in [1.165, 1.54) is 51.4 Å². The molecule has 2 nitrogen and oxygen atoms in total. The van der Waals surface area contributed by atoms with Crippen LogP contribution in [-0.4, -0.2) is 18.9 Å². The average Bonchev–Trinajstić information content (AvgIpc) is 2.15. The van der Waals surface area contributed by atoms with Crippen LogP contribution in [0.5, 0.6) is 0 Å². The fourth-order valence-electron chi connectivity index (χ4n) is 1.59. The third kappa shape index (κ3) is 12.1. The highest BCUT2D eigenvalue weighted by Crippen LogP contribution is 2.10. The summed E-state index contributed by atoms with van der Waals surface area (Å²) < 4.78 is 0. The van der Waals surface area contributed by atoms with Crippen molar-refractivity contribution in [1.29, 1.82) is 0 Å². The maximum absolute atomic E-state index is 8.71. The van der Waals surface area contributed by atoms with E-state index in [9.17, 15) is 0 Å². The van der Waals surface area contributed by atoms with Crippen molar-refractivity contribution in [3.8, 4) is 0 Å². The van der Waals surface area contributed by atoms with Crippen LogP contribution in [0.4, 0.5) is 0 Å². The van der Waals surface area contributed by atoms with Gasteiger partial charge in [-0.15, -0.1) is 0 Å². The number of rotatable bonds is 10. The standard InChI is InChI=1S/C11H25O2Si/c1-2-3-4-5-6-7-8-9-10-11-14(12)13/h12-13H,2-11H2,1H3. The Labute approximate surface area is 90.2 Å². The van der Waals surface area contributed by atoms with Gasteiger partial charge in [0.15, 0.2) is 0 Å². The summed E-state index contributed by atoms with van der Waals surface area (Å²) in [6.07, 6.45) is 11.6. The summed E-state index contributed by atoms with van der Waals surface area (Å²) in [4.78, 5) is 17.4. The van der Waals surface area contributed by atoms with Crippen LogP contribution in [0.15, 0.2) is 0 Å². The van der Waals surface area contributed by atoms with Crippen molar-refractivity contribution in [3.05, 3.63) is 0 Å². The smallest absolute Gasteiger partial charge is 0.378 e. The molecule has 85 valence electrons. The van der Waals surface area contributed by atoms with Gasteiger partial charge in [-0.1, -0.05) is 64.7 Å². The lowest BCUT2D eigenvalue weighted by atomic mass is 10.1. The van der Waals surface area contributed by atoms with Crippen LogP contribution in [0.2, 0.25) is 6.04 Å². The Bertz CT molecular complexity index is 107. The first-order valence-corrected chi connectivity index (χ1v) is 7.61. The lowest BCUT2D eigenvalue weighted by Gasteiger charge is -2.01.